The lowest BCUT2D eigenvalue weighted by Crippen LogP contribution is -2.54. The van der Waals surface area contributed by atoms with E-state index in [1.54, 1.807) is 7.11 Å². The van der Waals surface area contributed by atoms with Crippen molar-refractivity contribution >= 4 is 0 Å². The normalized spacial score (nSPS) is 23.3. The third kappa shape index (κ3) is 4.19. The third-order valence-electron chi connectivity index (χ3n) is 4.40. The first kappa shape index (κ1) is 16.3. The standard InChI is InChI=1S/C17H28N2O2/c1-14-12-19(9-4-10-21-14)17(2,13-18)11-15-5-7-16(20-3)8-6-15/h5-8,14H,4,9-13,18H2,1-3H3. The molecule has 4 heteroatoms. The summed E-state index contributed by atoms with van der Waals surface area (Å²) in [7, 11) is 1.69. The molecule has 118 valence electrons. The highest BCUT2D eigenvalue weighted by atomic mass is 16.5. The van der Waals surface area contributed by atoms with Crippen LogP contribution in [-0.2, 0) is 11.2 Å². The summed E-state index contributed by atoms with van der Waals surface area (Å²) in [6.07, 6.45) is 2.29. The van der Waals surface area contributed by atoms with Crippen LogP contribution in [-0.4, -0.2) is 49.9 Å². The van der Waals surface area contributed by atoms with E-state index in [9.17, 15) is 0 Å². The Kier molecular flexibility index (Phi) is 5.62. The van der Waals surface area contributed by atoms with Crippen molar-refractivity contribution in [2.75, 3.05) is 33.4 Å². The summed E-state index contributed by atoms with van der Waals surface area (Å²) in [4.78, 5) is 2.49. The second-order valence-corrected chi connectivity index (χ2v) is 6.21. The minimum Gasteiger partial charge on any atom is -0.497 e. The molecule has 0 radical (unpaired) electrons. The Morgan fingerprint density at radius 2 is 2.10 bits per heavy atom. The summed E-state index contributed by atoms with van der Waals surface area (Å²) < 4.78 is 11.0. The molecule has 1 aromatic carbocycles. The van der Waals surface area contributed by atoms with Crippen LogP contribution < -0.4 is 10.5 Å². The minimum absolute atomic E-state index is 0.0312. The number of methoxy groups -OCH3 is 1. The fourth-order valence-corrected chi connectivity index (χ4v) is 2.98. The first-order chi connectivity index (χ1) is 10.1. The summed E-state index contributed by atoms with van der Waals surface area (Å²) in [6.45, 7) is 7.89. The van der Waals surface area contributed by atoms with Crippen molar-refractivity contribution < 1.29 is 9.47 Å². The van der Waals surface area contributed by atoms with Crippen molar-refractivity contribution in [1.29, 1.82) is 0 Å². The second-order valence-electron chi connectivity index (χ2n) is 6.21. The van der Waals surface area contributed by atoms with Gasteiger partial charge in [0, 0.05) is 31.8 Å². The summed E-state index contributed by atoms with van der Waals surface area (Å²) in [5.74, 6) is 0.894. The number of hydrogen-bond donors (Lipinski definition) is 1. The zero-order valence-electron chi connectivity index (χ0n) is 13.5. The van der Waals surface area contributed by atoms with E-state index in [0.717, 1.165) is 38.3 Å². The van der Waals surface area contributed by atoms with Crippen LogP contribution in [0, 0.1) is 0 Å². The maximum atomic E-state index is 6.13. The van der Waals surface area contributed by atoms with E-state index in [0.29, 0.717) is 6.54 Å². The number of rotatable bonds is 5. The van der Waals surface area contributed by atoms with E-state index in [1.165, 1.54) is 5.56 Å². The highest BCUT2D eigenvalue weighted by molar-refractivity contribution is 5.28. The first-order valence-corrected chi connectivity index (χ1v) is 7.77. The van der Waals surface area contributed by atoms with E-state index in [4.69, 9.17) is 15.2 Å². The Morgan fingerprint density at radius 1 is 1.38 bits per heavy atom. The Hall–Kier alpha value is -1.10. The molecule has 0 bridgehead atoms. The molecule has 1 fully saturated rings. The third-order valence-corrected chi connectivity index (χ3v) is 4.40. The maximum Gasteiger partial charge on any atom is 0.118 e. The van der Waals surface area contributed by atoms with Crippen LogP contribution in [0.5, 0.6) is 5.75 Å². The number of nitrogens with two attached hydrogens (primary N) is 1. The average Bonchev–Trinajstić information content (AvgIpc) is 2.73. The molecule has 1 aliphatic rings. The SMILES string of the molecule is COc1ccc(CC(C)(CN)N2CCCOC(C)C2)cc1. The van der Waals surface area contributed by atoms with Crippen LogP contribution in [0.2, 0.25) is 0 Å². The van der Waals surface area contributed by atoms with Crippen LogP contribution >= 0.6 is 0 Å². The van der Waals surface area contributed by atoms with Gasteiger partial charge in [-0.1, -0.05) is 12.1 Å². The van der Waals surface area contributed by atoms with Crippen molar-refractivity contribution in [2.24, 2.45) is 5.73 Å². The van der Waals surface area contributed by atoms with Gasteiger partial charge in [0.15, 0.2) is 0 Å². The van der Waals surface area contributed by atoms with Crippen LogP contribution in [0.1, 0.15) is 25.8 Å². The molecule has 0 spiro atoms. The van der Waals surface area contributed by atoms with Gasteiger partial charge in [-0.05, 0) is 44.4 Å². The van der Waals surface area contributed by atoms with E-state index >= 15 is 0 Å². The molecule has 0 amide bonds. The number of nitrogens with zero attached hydrogens (tertiary/aromatic N) is 1. The molecule has 1 aromatic rings. The Balaban J connectivity index is 2.11. The molecule has 0 aromatic heterocycles. The highest BCUT2D eigenvalue weighted by Gasteiger charge is 2.32. The average molecular weight is 292 g/mol. The quantitative estimate of drug-likeness (QED) is 0.902. The summed E-state index contributed by atoms with van der Waals surface area (Å²) in [5.41, 5.74) is 7.39. The fourth-order valence-electron chi connectivity index (χ4n) is 2.98. The van der Waals surface area contributed by atoms with Gasteiger partial charge >= 0.3 is 0 Å². The molecule has 1 heterocycles. The fraction of sp³-hybridized carbons (Fsp3) is 0.647. The lowest BCUT2D eigenvalue weighted by Gasteiger charge is -2.41. The molecule has 2 N–H and O–H groups in total. The number of hydrogen-bond acceptors (Lipinski definition) is 4. The summed E-state index contributed by atoms with van der Waals surface area (Å²) in [5, 5.41) is 0. The molecule has 2 rings (SSSR count). The van der Waals surface area contributed by atoms with E-state index < -0.39 is 0 Å². The van der Waals surface area contributed by atoms with Crippen molar-refractivity contribution in [1.82, 2.24) is 4.90 Å². The smallest absolute Gasteiger partial charge is 0.118 e. The molecule has 2 atom stereocenters. The van der Waals surface area contributed by atoms with Gasteiger partial charge in [0.25, 0.3) is 0 Å². The van der Waals surface area contributed by atoms with E-state index in [1.807, 2.05) is 12.1 Å². The Labute approximate surface area is 128 Å². The zero-order chi connectivity index (χ0) is 15.3. The van der Waals surface area contributed by atoms with Crippen molar-refractivity contribution in [2.45, 2.75) is 38.3 Å². The van der Waals surface area contributed by atoms with E-state index in [2.05, 4.69) is 30.9 Å². The molecule has 0 saturated carbocycles. The van der Waals surface area contributed by atoms with Crippen LogP contribution in [0.3, 0.4) is 0 Å². The molecule has 21 heavy (non-hydrogen) atoms. The number of benzene rings is 1. The lowest BCUT2D eigenvalue weighted by atomic mass is 9.90. The van der Waals surface area contributed by atoms with Gasteiger partial charge in [-0.25, -0.2) is 0 Å². The van der Waals surface area contributed by atoms with Crippen molar-refractivity contribution in [3.63, 3.8) is 0 Å². The van der Waals surface area contributed by atoms with Gasteiger partial charge in [-0.15, -0.1) is 0 Å². The van der Waals surface area contributed by atoms with Gasteiger partial charge in [0.2, 0.25) is 0 Å². The summed E-state index contributed by atoms with van der Waals surface area (Å²) in [6, 6.07) is 8.29. The first-order valence-electron chi connectivity index (χ1n) is 7.77. The minimum atomic E-state index is -0.0312. The molecule has 1 saturated heterocycles. The van der Waals surface area contributed by atoms with Crippen LogP contribution in [0.25, 0.3) is 0 Å². The predicted molar refractivity (Wildman–Crippen MR) is 85.8 cm³/mol. The molecular weight excluding hydrogens is 264 g/mol. The largest absolute Gasteiger partial charge is 0.497 e. The van der Waals surface area contributed by atoms with Gasteiger partial charge in [0.05, 0.1) is 13.2 Å². The number of ether oxygens (including phenoxy) is 2. The lowest BCUT2D eigenvalue weighted by molar-refractivity contribution is 0.0430. The molecule has 0 aliphatic carbocycles. The van der Waals surface area contributed by atoms with Gasteiger partial charge < -0.3 is 15.2 Å². The Bertz CT molecular complexity index is 435. The molecule has 1 aliphatic heterocycles. The molecule has 4 nitrogen and oxygen atoms in total. The van der Waals surface area contributed by atoms with Crippen LogP contribution in [0.4, 0.5) is 0 Å². The zero-order valence-corrected chi connectivity index (χ0v) is 13.5. The second kappa shape index (κ2) is 7.25. The maximum absolute atomic E-state index is 6.13. The van der Waals surface area contributed by atoms with Crippen molar-refractivity contribution in [3.05, 3.63) is 29.8 Å². The van der Waals surface area contributed by atoms with Crippen LogP contribution in [0.15, 0.2) is 24.3 Å². The predicted octanol–water partition coefficient (Wildman–Crippen LogP) is 2.07. The topological polar surface area (TPSA) is 47.7 Å². The molecule has 2 unspecified atom stereocenters. The van der Waals surface area contributed by atoms with E-state index in [-0.39, 0.29) is 11.6 Å². The summed E-state index contributed by atoms with van der Waals surface area (Å²) >= 11 is 0. The monoisotopic (exact) mass is 292 g/mol. The van der Waals surface area contributed by atoms with Gasteiger partial charge in [0.1, 0.15) is 5.75 Å². The molecular formula is C17H28N2O2. The Morgan fingerprint density at radius 3 is 2.71 bits per heavy atom. The van der Waals surface area contributed by atoms with Gasteiger partial charge in [-0.3, -0.25) is 4.90 Å². The van der Waals surface area contributed by atoms with Crippen molar-refractivity contribution in [3.8, 4) is 5.75 Å². The van der Waals surface area contributed by atoms with Gasteiger partial charge in [-0.2, -0.15) is 0 Å². The highest BCUT2D eigenvalue weighted by Crippen LogP contribution is 2.24.